The zero-order valence-electron chi connectivity index (χ0n) is 17.6. The van der Waals surface area contributed by atoms with E-state index in [2.05, 4.69) is 62.2 Å². The zero-order valence-corrected chi connectivity index (χ0v) is 19.3. The quantitative estimate of drug-likeness (QED) is 0.379. The van der Waals surface area contributed by atoms with Crippen LogP contribution in [-0.2, 0) is 6.42 Å². The van der Waals surface area contributed by atoms with Crippen LogP contribution in [0.2, 0.25) is 0 Å². The highest BCUT2D eigenvalue weighted by Crippen LogP contribution is 2.40. The summed E-state index contributed by atoms with van der Waals surface area (Å²) in [5, 5.41) is 2.64. The first-order valence-electron chi connectivity index (χ1n) is 10.6. The summed E-state index contributed by atoms with van der Waals surface area (Å²) in [5.41, 5.74) is 1.48. The van der Waals surface area contributed by atoms with E-state index >= 15 is 0 Å². The zero-order chi connectivity index (χ0) is 19.9. The number of hydrogen-bond acceptors (Lipinski definition) is 1. The largest absolute Gasteiger partial charge is 0.190 e. The van der Waals surface area contributed by atoms with Crippen molar-refractivity contribution in [3.63, 3.8) is 0 Å². The summed E-state index contributed by atoms with van der Waals surface area (Å²) in [5.74, 6) is 9.48. The summed E-state index contributed by atoms with van der Waals surface area (Å²) in [6.07, 6.45) is 14.4. The van der Waals surface area contributed by atoms with Gasteiger partial charge in [0.05, 0.1) is 0 Å². The van der Waals surface area contributed by atoms with Gasteiger partial charge in [0.25, 0.3) is 0 Å². The molecule has 0 radical (unpaired) electrons. The van der Waals surface area contributed by atoms with E-state index in [9.17, 15) is 0 Å². The van der Waals surface area contributed by atoms with Gasteiger partial charge < -0.3 is 0 Å². The fraction of sp³-hybridized carbons (Fsp3) is 0.520. The molecule has 0 heterocycles. The monoisotopic (exact) mass is 402 g/mol. The van der Waals surface area contributed by atoms with Gasteiger partial charge in [-0.1, -0.05) is 95.2 Å². The highest BCUT2D eigenvalue weighted by atomic mass is 32.2. The Labute approximate surface area is 173 Å². The average Bonchev–Trinajstić information content (AvgIpc) is 2.65. The van der Waals surface area contributed by atoms with Gasteiger partial charge in [-0.3, -0.25) is 0 Å². The second kappa shape index (κ2) is 10.6. The van der Waals surface area contributed by atoms with Gasteiger partial charge in [-0.2, -0.15) is 9.21 Å². The first-order valence-corrected chi connectivity index (χ1v) is 13.4. The van der Waals surface area contributed by atoms with E-state index < -0.39 is 9.21 Å². The van der Waals surface area contributed by atoms with Gasteiger partial charge in [-0.05, 0) is 41.7 Å². The third kappa shape index (κ3) is 6.32. The van der Waals surface area contributed by atoms with E-state index in [-0.39, 0.29) is 0 Å². The molecule has 27 heavy (non-hydrogen) atoms. The molecular weight excluding hydrogens is 364 g/mol. The summed E-state index contributed by atoms with van der Waals surface area (Å²) in [6.45, 7) is 4.42. The van der Waals surface area contributed by atoms with E-state index in [4.69, 9.17) is 12.6 Å². The lowest BCUT2D eigenvalue weighted by Gasteiger charge is -2.23. The van der Waals surface area contributed by atoms with Crippen molar-refractivity contribution in [2.75, 3.05) is 6.26 Å². The Balaban J connectivity index is 0.000000465. The molecule has 0 nitrogen and oxygen atoms in total. The van der Waals surface area contributed by atoms with E-state index in [0.717, 1.165) is 10.8 Å². The number of fused-ring (bicyclic) bond motifs is 1. The maximum Gasteiger partial charge on any atom is 0.0130 e. The van der Waals surface area contributed by atoms with Crippen LogP contribution in [0.5, 0.6) is 0 Å². The fourth-order valence-corrected chi connectivity index (χ4v) is 5.57. The lowest BCUT2D eigenvalue weighted by Crippen LogP contribution is -2.09. The van der Waals surface area contributed by atoms with Gasteiger partial charge >= 0.3 is 0 Å². The standard InChI is InChI=1S/C20H26S2.C5H12/c1-22(2,3)19-11-7-10-17-16(12-13-18(21)20(17)19)14-15-8-5-4-6-9-15;1-3-5-4-2/h7,10-13,15,21H,1-2,4-6,8-9,14H2,3H3;3-5H2,1-2H3. The number of rotatable bonds is 5. The molecule has 1 saturated carbocycles. The molecule has 3 rings (SSSR count). The Morgan fingerprint density at radius 2 is 1.67 bits per heavy atom. The molecule has 0 amide bonds. The number of hydrogen-bond donors (Lipinski definition) is 1. The van der Waals surface area contributed by atoms with Crippen LogP contribution in [0.4, 0.5) is 0 Å². The lowest BCUT2D eigenvalue weighted by molar-refractivity contribution is 0.357. The summed E-state index contributed by atoms with van der Waals surface area (Å²) < 4.78 is 0. The van der Waals surface area contributed by atoms with Crippen molar-refractivity contribution in [3.05, 3.63) is 35.9 Å². The Morgan fingerprint density at radius 3 is 2.22 bits per heavy atom. The van der Waals surface area contributed by atoms with Crippen LogP contribution in [0.25, 0.3) is 10.8 Å². The summed E-state index contributed by atoms with van der Waals surface area (Å²) >= 11 is 4.72. The van der Waals surface area contributed by atoms with E-state index in [1.807, 2.05) is 0 Å². The van der Waals surface area contributed by atoms with Crippen LogP contribution in [0.1, 0.15) is 70.8 Å². The Hall–Kier alpha value is -0.860. The summed E-state index contributed by atoms with van der Waals surface area (Å²) in [7, 11) is -1.25. The minimum absolute atomic E-state index is 0.851. The van der Waals surface area contributed by atoms with Crippen molar-refractivity contribution >= 4 is 44.3 Å². The first kappa shape index (κ1) is 22.4. The lowest BCUT2D eigenvalue weighted by atomic mass is 9.84. The highest BCUT2D eigenvalue weighted by Gasteiger charge is 2.16. The minimum Gasteiger partial charge on any atom is -0.190 e. The van der Waals surface area contributed by atoms with E-state index in [1.54, 1.807) is 0 Å². The van der Waals surface area contributed by atoms with Gasteiger partial charge in [-0.25, -0.2) is 0 Å². The SMILES string of the molecule is C=S(=C)(C)c1cccc2c(CC3CCCCC3)ccc(S)c12.CCCCC. The molecule has 0 aromatic heterocycles. The molecule has 2 heteroatoms. The number of benzene rings is 2. The normalized spacial score (nSPS) is 15.4. The molecule has 150 valence electrons. The Bertz CT molecular complexity index is 823. The molecule has 2 aromatic carbocycles. The van der Waals surface area contributed by atoms with Gasteiger partial charge in [-0.15, -0.1) is 12.6 Å². The van der Waals surface area contributed by atoms with Gasteiger partial charge in [0.2, 0.25) is 0 Å². The number of unbranched alkanes of at least 4 members (excludes halogenated alkanes) is 2. The van der Waals surface area contributed by atoms with Crippen LogP contribution in [-0.4, -0.2) is 18.0 Å². The van der Waals surface area contributed by atoms with E-state index in [0.29, 0.717) is 0 Å². The van der Waals surface area contributed by atoms with Crippen molar-refractivity contribution in [2.45, 2.75) is 81.4 Å². The van der Waals surface area contributed by atoms with E-state index in [1.165, 1.54) is 79.0 Å². The smallest absolute Gasteiger partial charge is 0.0130 e. The van der Waals surface area contributed by atoms with Crippen molar-refractivity contribution in [3.8, 4) is 0 Å². The fourth-order valence-electron chi connectivity index (χ4n) is 4.06. The first-order chi connectivity index (χ1) is 12.9. The van der Waals surface area contributed by atoms with Crippen molar-refractivity contribution in [1.82, 2.24) is 0 Å². The van der Waals surface area contributed by atoms with Crippen molar-refractivity contribution < 1.29 is 0 Å². The van der Waals surface area contributed by atoms with Crippen LogP contribution in [0.15, 0.2) is 40.1 Å². The maximum absolute atomic E-state index is 4.72. The third-order valence-electron chi connectivity index (χ3n) is 5.54. The van der Waals surface area contributed by atoms with Crippen LogP contribution < -0.4 is 0 Å². The predicted octanol–water partition coefficient (Wildman–Crippen LogP) is 8.11. The third-order valence-corrected chi connectivity index (χ3v) is 7.32. The Morgan fingerprint density at radius 1 is 1.00 bits per heavy atom. The van der Waals surface area contributed by atoms with Gasteiger partial charge in [0.15, 0.2) is 0 Å². The highest BCUT2D eigenvalue weighted by molar-refractivity contribution is 8.27. The molecule has 0 spiro atoms. The summed E-state index contributed by atoms with van der Waals surface area (Å²) in [6, 6.07) is 11.0. The molecule has 0 aliphatic heterocycles. The van der Waals surface area contributed by atoms with Crippen molar-refractivity contribution in [1.29, 1.82) is 0 Å². The van der Waals surface area contributed by atoms with Gasteiger partial charge in [0, 0.05) is 15.2 Å². The molecule has 1 aliphatic carbocycles. The molecular formula is C25H38S2. The molecule has 2 aromatic rings. The maximum atomic E-state index is 4.72. The van der Waals surface area contributed by atoms with Crippen LogP contribution in [0, 0.1) is 5.92 Å². The second-order valence-electron chi connectivity index (χ2n) is 8.26. The molecule has 0 bridgehead atoms. The minimum atomic E-state index is -1.25. The summed E-state index contributed by atoms with van der Waals surface area (Å²) in [4.78, 5) is 2.34. The molecule has 0 saturated heterocycles. The van der Waals surface area contributed by atoms with Crippen molar-refractivity contribution in [2.24, 2.45) is 5.92 Å². The predicted molar refractivity (Wildman–Crippen MR) is 133 cm³/mol. The Kier molecular flexibility index (Phi) is 8.82. The molecule has 0 N–H and O–H groups in total. The second-order valence-corrected chi connectivity index (χ2v) is 11.7. The van der Waals surface area contributed by atoms with Crippen LogP contribution in [0.3, 0.4) is 0 Å². The van der Waals surface area contributed by atoms with Crippen LogP contribution >= 0.6 is 21.8 Å². The molecule has 1 aliphatic rings. The van der Waals surface area contributed by atoms with Gasteiger partial charge in [0.1, 0.15) is 0 Å². The average molecular weight is 403 g/mol. The molecule has 0 unspecified atom stereocenters. The number of thiol groups is 1. The molecule has 1 fully saturated rings. The topological polar surface area (TPSA) is 0 Å². The molecule has 0 atom stereocenters.